The van der Waals surface area contributed by atoms with Gasteiger partial charge in [-0.1, -0.05) is 6.08 Å². The van der Waals surface area contributed by atoms with Crippen LogP contribution in [0.1, 0.15) is 61.7 Å². The number of thiazole rings is 1. The maximum atomic E-state index is 12.1. The predicted octanol–water partition coefficient (Wildman–Crippen LogP) is 3.62. The van der Waals surface area contributed by atoms with Gasteiger partial charge in [-0.2, -0.15) is 0 Å². The molecule has 1 atom stereocenters. The predicted molar refractivity (Wildman–Crippen MR) is 92.8 cm³/mol. The lowest BCUT2D eigenvalue weighted by molar-refractivity contribution is -0.140. The molecule has 1 heterocycles. The molecule has 2 rings (SSSR count). The van der Waals surface area contributed by atoms with Gasteiger partial charge in [0, 0.05) is 6.42 Å². The first-order valence-electron chi connectivity index (χ1n) is 8.01. The molecule has 1 aromatic rings. The lowest BCUT2D eigenvalue weighted by atomic mass is 10.1. The summed E-state index contributed by atoms with van der Waals surface area (Å²) < 4.78 is 10.0. The molecule has 1 unspecified atom stereocenters. The number of nitrogens with one attached hydrogen (secondary N) is 1. The molecule has 0 aliphatic heterocycles. The molecule has 0 fully saturated rings. The number of aryl methyl sites for hydroxylation is 1. The summed E-state index contributed by atoms with van der Waals surface area (Å²) in [6.45, 7) is 5.43. The minimum atomic E-state index is -0.582. The number of hydrogen-bond acceptors (Lipinski definition) is 6. The van der Waals surface area contributed by atoms with Crippen LogP contribution in [0.2, 0.25) is 0 Å². The highest BCUT2D eigenvalue weighted by atomic mass is 32.1. The van der Waals surface area contributed by atoms with Gasteiger partial charge in [-0.05, 0) is 46.1 Å². The van der Waals surface area contributed by atoms with E-state index in [1.807, 2.05) is 20.8 Å². The Labute approximate surface area is 146 Å². The summed E-state index contributed by atoms with van der Waals surface area (Å²) in [5, 5.41) is 3.63. The van der Waals surface area contributed by atoms with Crippen LogP contribution >= 0.6 is 11.3 Å². The van der Waals surface area contributed by atoms with Crippen LogP contribution < -0.4 is 5.32 Å². The van der Waals surface area contributed by atoms with Gasteiger partial charge in [0.25, 0.3) is 0 Å². The van der Waals surface area contributed by atoms with Crippen molar-refractivity contribution in [2.45, 2.75) is 58.1 Å². The quantitative estimate of drug-likeness (QED) is 0.819. The average molecular weight is 352 g/mol. The first-order chi connectivity index (χ1) is 11.3. The van der Waals surface area contributed by atoms with Gasteiger partial charge < -0.3 is 14.8 Å². The summed E-state index contributed by atoms with van der Waals surface area (Å²) in [6.07, 6.45) is 6.17. The summed E-state index contributed by atoms with van der Waals surface area (Å²) in [5.41, 5.74) is 0.466. The molecule has 1 amide bonds. The van der Waals surface area contributed by atoms with Crippen LogP contribution in [0.3, 0.4) is 0 Å². The number of aromatic nitrogens is 1. The summed E-state index contributed by atoms with van der Waals surface area (Å²) in [4.78, 5) is 29.3. The molecule has 1 N–H and O–H groups in total. The van der Waals surface area contributed by atoms with Gasteiger partial charge in [0.15, 0.2) is 0 Å². The van der Waals surface area contributed by atoms with Gasteiger partial charge in [-0.25, -0.2) is 9.78 Å². The highest BCUT2D eigenvalue weighted by Gasteiger charge is 2.25. The van der Waals surface area contributed by atoms with E-state index in [9.17, 15) is 9.59 Å². The van der Waals surface area contributed by atoms with Crippen molar-refractivity contribution in [3.8, 4) is 0 Å². The minimum absolute atomic E-state index is 0.205. The first kappa shape index (κ1) is 18.4. The summed E-state index contributed by atoms with van der Waals surface area (Å²) in [6, 6.07) is -0.372. The van der Waals surface area contributed by atoms with Crippen molar-refractivity contribution in [1.29, 1.82) is 0 Å². The molecule has 0 spiro atoms. The lowest BCUT2D eigenvalue weighted by Crippen LogP contribution is -2.35. The third-order valence-electron chi connectivity index (χ3n) is 3.42. The number of alkyl carbamates (subject to hydrolysis) is 1. The SMILES string of the molecule is COC(=O)CCC(NC(=O)OC(C)(C)C)c1nc2c(s1)C=CCC2. The van der Waals surface area contributed by atoms with Gasteiger partial charge in [-0.3, -0.25) is 4.79 Å². The number of ether oxygens (including phenoxy) is 2. The maximum absolute atomic E-state index is 12.1. The molecule has 1 aliphatic rings. The Hall–Kier alpha value is -1.89. The van der Waals surface area contributed by atoms with Crippen LogP contribution in [0.25, 0.3) is 6.08 Å². The zero-order chi connectivity index (χ0) is 17.7. The van der Waals surface area contributed by atoms with Crippen molar-refractivity contribution in [2.75, 3.05) is 7.11 Å². The van der Waals surface area contributed by atoms with Crippen molar-refractivity contribution in [2.24, 2.45) is 0 Å². The summed E-state index contributed by atoms with van der Waals surface area (Å²) in [7, 11) is 1.35. The van der Waals surface area contributed by atoms with Crippen LogP contribution in [0.4, 0.5) is 4.79 Å². The number of esters is 1. The van der Waals surface area contributed by atoms with Crippen LogP contribution in [0.5, 0.6) is 0 Å². The second-order valence-corrected chi connectivity index (χ2v) is 7.68. The fraction of sp³-hybridized carbons (Fsp3) is 0.588. The molecule has 0 saturated carbocycles. The topological polar surface area (TPSA) is 77.5 Å². The molecule has 0 saturated heterocycles. The summed E-state index contributed by atoms with van der Waals surface area (Å²) >= 11 is 1.54. The van der Waals surface area contributed by atoms with E-state index in [0.717, 1.165) is 28.4 Å². The largest absolute Gasteiger partial charge is 0.469 e. The van der Waals surface area contributed by atoms with Crippen LogP contribution in [0.15, 0.2) is 6.08 Å². The molecule has 0 aromatic carbocycles. The molecule has 24 heavy (non-hydrogen) atoms. The third kappa shape index (κ3) is 5.33. The van der Waals surface area contributed by atoms with Crippen molar-refractivity contribution < 1.29 is 19.1 Å². The van der Waals surface area contributed by atoms with Crippen molar-refractivity contribution in [3.63, 3.8) is 0 Å². The van der Waals surface area contributed by atoms with Crippen molar-refractivity contribution in [1.82, 2.24) is 10.3 Å². The normalized spacial score (nSPS) is 14.7. The van der Waals surface area contributed by atoms with Crippen LogP contribution in [-0.2, 0) is 20.7 Å². The average Bonchev–Trinajstić information content (AvgIpc) is 2.93. The highest BCUT2D eigenvalue weighted by Crippen LogP contribution is 2.31. The van der Waals surface area contributed by atoms with E-state index < -0.39 is 11.7 Å². The Bertz CT molecular complexity index is 631. The van der Waals surface area contributed by atoms with Gasteiger partial charge in [0.05, 0.1) is 23.7 Å². The smallest absolute Gasteiger partial charge is 0.408 e. The standard InChI is InChI=1S/C17H24N2O4S/c1-17(2,3)23-16(21)19-12(9-10-14(20)22-4)15-18-11-7-5-6-8-13(11)24-15/h6,8,12H,5,7,9-10H2,1-4H3,(H,19,21). The third-order valence-corrected chi connectivity index (χ3v) is 4.59. The number of fused-ring (bicyclic) bond motifs is 1. The minimum Gasteiger partial charge on any atom is -0.469 e. The monoisotopic (exact) mass is 352 g/mol. The van der Waals surface area contributed by atoms with Gasteiger partial charge >= 0.3 is 12.1 Å². The number of hydrogen-bond donors (Lipinski definition) is 1. The number of carbonyl (C=O) groups is 2. The fourth-order valence-electron chi connectivity index (χ4n) is 2.32. The van der Waals surface area contributed by atoms with Gasteiger partial charge in [0.2, 0.25) is 0 Å². The molecular formula is C17H24N2O4S. The zero-order valence-corrected chi connectivity index (χ0v) is 15.4. The second kappa shape index (κ2) is 7.79. The number of allylic oxidation sites excluding steroid dienone is 1. The number of rotatable bonds is 5. The number of carbonyl (C=O) groups excluding carboxylic acids is 2. The number of methoxy groups -OCH3 is 1. The van der Waals surface area contributed by atoms with Gasteiger partial charge in [0.1, 0.15) is 10.6 Å². The maximum Gasteiger partial charge on any atom is 0.408 e. The van der Waals surface area contributed by atoms with E-state index in [1.54, 1.807) is 11.3 Å². The van der Waals surface area contributed by atoms with E-state index >= 15 is 0 Å². The van der Waals surface area contributed by atoms with Crippen LogP contribution in [0, 0.1) is 0 Å². The van der Waals surface area contributed by atoms with Crippen molar-refractivity contribution >= 4 is 29.5 Å². The van der Waals surface area contributed by atoms with E-state index in [0.29, 0.717) is 6.42 Å². The van der Waals surface area contributed by atoms with E-state index in [-0.39, 0.29) is 18.4 Å². The second-order valence-electron chi connectivity index (χ2n) is 6.62. The lowest BCUT2D eigenvalue weighted by Gasteiger charge is -2.22. The summed E-state index contributed by atoms with van der Waals surface area (Å²) in [5.74, 6) is -0.313. The van der Waals surface area contributed by atoms with E-state index in [1.165, 1.54) is 7.11 Å². The molecule has 132 valence electrons. The Morgan fingerprint density at radius 3 is 2.79 bits per heavy atom. The van der Waals surface area contributed by atoms with Crippen LogP contribution in [-0.4, -0.2) is 29.8 Å². The molecule has 0 radical (unpaired) electrons. The van der Waals surface area contributed by atoms with E-state index in [4.69, 9.17) is 9.47 Å². The number of amides is 1. The molecule has 0 bridgehead atoms. The Kier molecular flexibility index (Phi) is 5.99. The first-order valence-corrected chi connectivity index (χ1v) is 8.82. The molecule has 6 nitrogen and oxygen atoms in total. The number of nitrogens with zero attached hydrogens (tertiary/aromatic N) is 1. The Balaban J connectivity index is 2.13. The molecule has 1 aliphatic carbocycles. The van der Waals surface area contributed by atoms with E-state index in [2.05, 4.69) is 22.5 Å². The van der Waals surface area contributed by atoms with Gasteiger partial charge in [-0.15, -0.1) is 11.3 Å². The Morgan fingerprint density at radius 1 is 1.42 bits per heavy atom. The fourth-order valence-corrected chi connectivity index (χ4v) is 3.45. The molecule has 7 heteroatoms. The molecular weight excluding hydrogens is 328 g/mol. The highest BCUT2D eigenvalue weighted by molar-refractivity contribution is 7.12. The molecule has 1 aromatic heterocycles. The Morgan fingerprint density at radius 2 is 2.17 bits per heavy atom. The zero-order valence-electron chi connectivity index (χ0n) is 14.5. The van der Waals surface area contributed by atoms with Crippen molar-refractivity contribution in [3.05, 3.63) is 21.7 Å².